The second-order valence-corrected chi connectivity index (χ2v) is 5.75. The molecule has 124 valence electrons. The molecule has 0 saturated heterocycles. The topological polar surface area (TPSA) is 119 Å². The van der Waals surface area contributed by atoms with Gasteiger partial charge in [-0.2, -0.15) is 0 Å². The van der Waals surface area contributed by atoms with Crippen LogP contribution in [0.5, 0.6) is 23.0 Å². The van der Waals surface area contributed by atoms with E-state index in [1.54, 1.807) is 12.1 Å². The van der Waals surface area contributed by atoms with E-state index < -0.39 is 5.41 Å². The van der Waals surface area contributed by atoms with Gasteiger partial charge in [0.05, 0.1) is 0 Å². The fourth-order valence-corrected chi connectivity index (χ4v) is 3.01. The second kappa shape index (κ2) is 5.82. The van der Waals surface area contributed by atoms with Crippen molar-refractivity contribution < 1.29 is 20.4 Å². The van der Waals surface area contributed by atoms with E-state index in [0.29, 0.717) is 17.5 Å². The molecule has 0 aliphatic heterocycles. The Kier molecular flexibility index (Phi) is 3.83. The zero-order valence-electron chi connectivity index (χ0n) is 12.8. The number of nitrogens with two attached hydrogens (primary N) is 1. The van der Waals surface area contributed by atoms with Gasteiger partial charge in [0.25, 0.3) is 0 Å². The van der Waals surface area contributed by atoms with Crippen LogP contribution < -0.4 is 11.3 Å². The number of phenols is 4. The normalized spacial score (nSPS) is 15.8. The molecule has 2 aromatic rings. The van der Waals surface area contributed by atoms with E-state index in [1.165, 1.54) is 24.3 Å². The van der Waals surface area contributed by atoms with E-state index in [9.17, 15) is 20.4 Å². The summed E-state index contributed by atoms with van der Waals surface area (Å²) in [5, 5.41) is 39.0. The molecule has 6 nitrogen and oxygen atoms in total. The molecule has 0 radical (unpaired) electrons. The van der Waals surface area contributed by atoms with Gasteiger partial charge in [-0.15, -0.1) is 0 Å². The average molecular weight is 326 g/mol. The summed E-state index contributed by atoms with van der Waals surface area (Å²) in [6.45, 7) is 0. The van der Waals surface area contributed by atoms with E-state index in [-0.39, 0.29) is 23.0 Å². The van der Waals surface area contributed by atoms with Crippen LogP contribution in [0.3, 0.4) is 0 Å². The number of allylic oxidation sites excluding steroid dienone is 4. The number of rotatable bonds is 3. The lowest BCUT2D eigenvalue weighted by Crippen LogP contribution is -2.33. The molecule has 2 aromatic carbocycles. The number of hydrogen-bond acceptors (Lipinski definition) is 6. The standard InChI is InChI=1S/C18H18N2O4/c19-20-13-2-1-7-18(10-13,11-3-5-14(21)16(23)8-11)12-4-6-15(22)17(24)9-12/h1-9,20-24H,10,19H2. The van der Waals surface area contributed by atoms with E-state index in [4.69, 9.17) is 5.84 Å². The van der Waals surface area contributed by atoms with Crippen molar-refractivity contribution in [3.8, 4) is 23.0 Å². The maximum atomic E-state index is 9.90. The molecule has 0 heterocycles. The van der Waals surface area contributed by atoms with Gasteiger partial charge in [-0.1, -0.05) is 24.3 Å². The number of benzene rings is 2. The van der Waals surface area contributed by atoms with E-state index in [1.807, 2.05) is 18.2 Å². The van der Waals surface area contributed by atoms with Gasteiger partial charge >= 0.3 is 0 Å². The smallest absolute Gasteiger partial charge is 0.157 e. The zero-order chi connectivity index (χ0) is 17.3. The molecule has 1 aliphatic carbocycles. The largest absolute Gasteiger partial charge is 0.504 e. The Balaban J connectivity index is 2.21. The molecule has 0 bridgehead atoms. The monoisotopic (exact) mass is 326 g/mol. The van der Waals surface area contributed by atoms with Gasteiger partial charge < -0.3 is 25.9 Å². The van der Waals surface area contributed by atoms with Gasteiger partial charge in [-0.25, -0.2) is 0 Å². The van der Waals surface area contributed by atoms with Crippen LogP contribution in [0.25, 0.3) is 0 Å². The molecule has 0 saturated carbocycles. The first-order valence-corrected chi connectivity index (χ1v) is 7.36. The predicted octanol–water partition coefficient (Wildman–Crippen LogP) is 2.10. The SMILES string of the molecule is NNC1=CC=CC(c2ccc(O)c(O)c2)(c2ccc(O)c(O)c2)C1. The first-order valence-electron chi connectivity index (χ1n) is 7.36. The zero-order valence-corrected chi connectivity index (χ0v) is 12.8. The summed E-state index contributed by atoms with van der Waals surface area (Å²) in [7, 11) is 0. The minimum Gasteiger partial charge on any atom is -0.504 e. The quantitative estimate of drug-likeness (QED) is 0.292. The fraction of sp³-hybridized carbons (Fsp3) is 0.111. The van der Waals surface area contributed by atoms with Crippen LogP contribution in [0.1, 0.15) is 17.5 Å². The molecule has 0 fully saturated rings. The Bertz CT molecular complexity index is 791. The van der Waals surface area contributed by atoms with E-state index in [0.717, 1.165) is 5.70 Å². The van der Waals surface area contributed by atoms with Crippen LogP contribution >= 0.6 is 0 Å². The van der Waals surface area contributed by atoms with Gasteiger partial charge in [0.2, 0.25) is 0 Å². The lowest BCUT2D eigenvalue weighted by atomic mass is 9.69. The minimum atomic E-state index is -0.729. The van der Waals surface area contributed by atoms with Crippen LogP contribution in [-0.2, 0) is 5.41 Å². The fourth-order valence-electron chi connectivity index (χ4n) is 3.01. The van der Waals surface area contributed by atoms with Crippen molar-refractivity contribution in [2.45, 2.75) is 11.8 Å². The van der Waals surface area contributed by atoms with E-state index in [2.05, 4.69) is 5.43 Å². The Hall–Kier alpha value is -3.12. The third-order valence-electron chi connectivity index (χ3n) is 4.31. The van der Waals surface area contributed by atoms with Crippen molar-refractivity contribution in [2.75, 3.05) is 0 Å². The molecule has 3 rings (SSSR count). The first kappa shape index (κ1) is 15.8. The summed E-state index contributed by atoms with van der Waals surface area (Å²) in [4.78, 5) is 0. The van der Waals surface area contributed by atoms with Crippen molar-refractivity contribution in [3.63, 3.8) is 0 Å². The second-order valence-electron chi connectivity index (χ2n) is 5.75. The molecule has 0 atom stereocenters. The van der Waals surface area contributed by atoms with E-state index >= 15 is 0 Å². The molecule has 6 heteroatoms. The Morgan fingerprint density at radius 1 is 0.833 bits per heavy atom. The highest BCUT2D eigenvalue weighted by Crippen LogP contribution is 2.45. The highest BCUT2D eigenvalue weighted by Gasteiger charge is 2.35. The van der Waals surface area contributed by atoms with Crippen molar-refractivity contribution in [3.05, 3.63) is 71.5 Å². The lowest BCUT2D eigenvalue weighted by molar-refractivity contribution is 0.400. The Labute approximate surface area is 138 Å². The molecule has 0 spiro atoms. The third-order valence-corrected chi connectivity index (χ3v) is 4.31. The summed E-state index contributed by atoms with van der Waals surface area (Å²) in [5.74, 6) is 4.66. The van der Waals surface area contributed by atoms with Crippen LogP contribution in [0.2, 0.25) is 0 Å². The lowest BCUT2D eigenvalue weighted by Gasteiger charge is -2.35. The molecular weight excluding hydrogens is 308 g/mol. The van der Waals surface area contributed by atoms with Crippen molar-refractivity contribution in [2.24, 2.45) is 5.84 Å². The molecule has 24 heavy (non-hydrogen) atoms. The maximum absolute atomic E-state index is 9.90. The van der Waals surface area contributed by atoms with Gasteiger partial charge in [-0.3, -0.25) is 5.84 Å². The summed E-state index contributed by atoms with van der Waals surface area (Å²) in [6, 6.07) is 9.17. The van der Waals surface area contributed by atoms with Gasteiger partial charge in [0.1, 0.15) is 0 Å². The first-order chi connectivity index (χ1) is 11.5. The number of phenolic OH excluding ortho intramolecular Hbond substituents is 4. The van der Waals surface area contributed by atoms with Crippen molar-refractivity contribution in [1.82, 2.24) is 5.43 Å². The molecule has 0 aromatic heterocycles. The Morgan fingerprint density at radius 2 is 1.38 bits per heavy atom. The highest BCUT2D eigenvalue weighted by atomic mass is 16.3. The maximum Gasteiger partial charge on any atom is 0.157 e. The molecule has 7 N–H and O–H groups in total. The molecule has 0 unspecified atom stereocenters. The highest BCUT2D eigenvalue weighted by molar-refractivity contribution is 5.55. The third kappa shape index (κ3) is 2.53. The molecule has 1 aliphatic rings. The predicted molar refractivity (Wildman–Crippen MR) is 89.5 cm³/mol. The number of aromatic hydroxyl groups is 4. The van der Waals surface area contributed by atoms with Crippen LogP contribution in [0.4, 0.5) is 0 Å². The minimum absolute atomic E-state index is 0.213. The summed E-state index contributed by atoms with van der Waals surface area (Å²) >= 11 is 0. The van der Waals surface area contributed by atoms with Crippen LogP contribution in [0, 0.1) is 0 Å². The Morgan fingerprint density at radius 3 is 1.83 bits per heavy atom. The molecular formula is C18H18N2O4. The van der Waals surface area contributed by atoms with Crippen LogP contribution in [0.15, 0.2) is 60.3 Å². The van der Waals surface area contributed by atoms with Gasteiger partial charge in [-0.05, 0) is 41.5 Å². The molecule has 0 amide bonds. The average Bonchev–Trinajstić information content (AvgIpc) is 2.59. The van der Waals surface area contributed by atoms with Gasteiger partial charge in [0, 0.05) is 17.5 Å². The number of nitrogens with one attached hydrogen (secondary N) is 1. The van der Waals surface area contributed by atoms with Crippen molar-refractivity contribution in [1.29, 1.82) is 0 Å². The number of hydrogen-bond donors (Lipinski definition) is 6. The summed E-state index contributed by atoms with van der Waals surface area (Å²) in [6.07, 6.45) is 6.03. The van der Waals surface area contributed by atoms with Crippen LogP contribution in [-0.4, -0.2) is 20.4 Å². The van der Waals surface area contributed by atoms with Gasteiger partial charge in [0.15, 0.2) is 23.0 Å². The van der Waals surface area contributed by atoms with Crippen molar-refractivity contribution >= 4 is 0 Å². The summed E-state index contributed by atoms with van der Waals surface area (Å²) < 4.78 is 0. The summed E-state index contributed by atoms with van der Waals surface area (Å²) in [5.41, 5.74) is 4.09. The number of hydrazine groups is 1.